The Labute approximate surface area is 106 Å². The quantitative estimate of drug-likeness (QED) is 0.648. The summed E-state index contributed by atoms with van der Waals surface area (Å²) in [5, 5.41) is 3.43. The Bertz CT molecular complexity index is 291. The van der Waals surface area contributed by atoms with Crippen molar-refractivity contribution in [1.82, 2.24) is 5.32 Å². The zero-order chi connectivity index (χ0) is 12.5. The van der Waals surface area contributed by atoms with Crippen LogP contribution in [0.2, 0.25) is 0 Å². The molecule has 0 unspecified atom stereocenters. The van der Waals surface area contributed by atoms with Crippen molar-refractivity contribution in [3.63, 3.8) is 0 Å². The summed E-state index contributed by atoms with van der Waals surface area (Å²) in [4.78, 5) is 0. The SMILES string of the molecule is Cc1ccoc1CNCCCCCCC(C)C. The third-order valence-electron chi connectivity index (χ3n) is 3.14. The average Bonchev–Trinajstić information content (AvgIpc) is 2.68. The fourth-order valence-electron chi connectivity index (χ4n) is 1.94. The number of furan rings is 1. The highest BCUT2D eigenvalue weighted by atomic mass is 16.3. The Kier molecular flexibility index (Phi) is 7.02. The van der Waals surface area contributed by atoms with Crippen molar-refractivity contribution in [3.05, 3.63) is 23.7 Å². The van der Waals surface area contributed by atoms with E-state index in [0.717, 1.165) is 24.8 Å². The van der Waals surface area contributed by atoms with E-state index in [1.807, 2.05) is 6.07 Å². The molecule has 0 bridgehead atoms. The molecule has 0 aliphatic rings. The first kappa shape index (κ1) is 14.3. The molecule has 0 amide bonds. The molecule has 1 N–H and O–H groups in total. The molecule has 0 aliphatic carbocycles. The molecule has 2 nitrogen and oxygen atoms in total. The van der Waals surface area contributed by atoms with Crippen LogP contribution in [0.4, 0.5) is 0 Å². The molecule has 1 rings (SSSR count). The molecule has 0 saturated heterocycles. The highest BCUT2D eigenvalue weighted by molar-refractivity contribution is 5.13. The summed E-state index contributed by atoms with van der Waals surface area (Å²) in [5.41, 5.74) is 1.24. The first-order valence-electron chi connectivity index (χ1n) is 6.94. The zero-order valence-corrected chi connectivity index (χ0v) is 11.6. The van der Waals surface area contributed by atoms with Gasteiger partial charge in [-0.05, 0) is 37.4 Å². The predicted octanol–water partition coefficient (Wildman–Crippen LogP) is 4.28. The van der Waals surface area contributed by atoms with Crippen molar-refractivity contribution in [2.45, 2.75) is 59.4 Å². The number of hydrogen-bond acceptors (Lipinski definition) is 2. The molecule has 1 aromatic rings. The van der Waals surface area contributed by atoms with E-state index in [1.165, 1.54) is 37.7 Å². The van der Waals surface area contributed by atoms with E-state index >= 15 is 0 Å². The van der Waals surface area contributed by atoms with Gasteiger partial charge in [-0.3, -0.25) is 0 Å². The summed E-state index contributed by atoms with van der Waals surface area (Å²) in [6, 6.07) is 2.02. The molecule has 1 aromatic heterocycles. The summed E-state index contributed by atoms with van der Waals surface area (Å²) < 4.78 is 5.37. The molecule has 98 valence electrons. The minimum atomic E-state index is 0.857. The first-order chi connectivity index (χ1) is 8.20. The van der Waals surface area contributed by atoms with Crippen LogP contribution in [0.15, 0.2) is 16.7 Å². The van der Waals surface area contributed by atoms with Crippen LogP contribution in [0.3, 0.4) is 0 Å². The Morgan fingerprint density at radius 1 is 1.18 bits per heavy atom. The standard InChI is InChI=1S/C15H27NO/c1-13(2)8-6-4-5-7-10-16-12-15-14(3)9-11-17-15/h9,11,13,16H,4-8,10,12H2,1-3H3. The van der Waals surface area contributed by atoms with Gasteiger partial charge in [0.05, 0.1) is 12.8 Å². The molecule has 1 heterocycles. The summed E-state index contributed by atoms with van der Waals surface area (Å²) in [6.07, 6.45) is 8.51. The van der Waals surface area contributed by atoms with E-state index in [2.05, 4.69) is 26.1 Å². The normalized spacial score (nSPS) is 11.3. The number of unbranched alkanes of at least 4 members (excludes halogenated alkanes) is 3. The zero-order valence-electron chi connectivity index (χ0n) is 11.6. The lowest BCUT2D eigenvalue weighted by molar-refractivity contribution is 0.470. The molecule has 17 heavy (non-hydrogen) atoms. The highest BCUT2D eigenvalue weighted by Crippen LogP contribution is 2.10. The lowest BCUT2D eigenvalue weighted by Crippen LogP contribution is -2.14. The minimum Gasteiger partial charge on any atom is -0.468 e. The van der Waals surface area contributed by atoms with Crippen LogP contribution < -0.4 is 5.32 Å². The van der Waals surface area contributed by atoms with Crippen molar-refractivity contribution in [2.24, 2.45) is 5.92 Å². The third-order valence-corrected chi connectivity index (χ3v) is 3.14. The maximum atomic E-state index is 5.37. The van der Waals surface area contributed by atoms with Crippen molar-refractivity contribution in [1.29, 1.82) is 0 Å². The van der Waals surface area contributed by atoms with Crippen LogP contribution in [0.5, 0.6) is 0 Å². The van der Waals surface area contributed by atoms with Crippen LogP contribution >= 0.6 is 0 Å². The van der Waals surface area contributed by atoms with Gasteiger partial charge < -0.3 is 9.73 Å². The minimum absolute atomic E-state index is 0.857. The van der Waals surface area contributed by atoms with Gasteiger partial charge in [0.25, 0.3) is 0 Å². The van der Waals surface area contributed by atoms with Gasteiger partial charge in [-0.15, -0.1) is 0 Å². The van der Waals surface area contributed by atoms with E-state index in [-0.39, 0.29) is 0 Å². The van der Waals surface area contributed by atoms with Gasteiger partial charge in [-0.25, -0.2) is 0 Å². The number of hydrogen-bond donors (Lipinski definition) is 1. The topological polar surface area (TPSA) is 25.2 Å². The molecule has 0 fully saturated rings. The molecule has 2 heteroatoms. The highest BCUT2D eigenvalue weighted by Gasteiger charge is 2.00. The Hall–Kier alpha value is -0.760. The van der Waals surface area contributed by atoms with Crippen LogP contribution in [0, 0.1) is 12.8 Å². The van der Waals surface area contributed by atoms with Gasteiger partial charge in [0, 0.05) is 0 Å². The first-order valence-corrected chi connectivity index (χ1v) is 6.94. The summed E-state index contributed by atoms with van der Waals surface area (Å²) in [6.45, 7) is 8.65. The van der Waals surface area contributed by atoms with Gasteiger partial charge in [0.15, 0.2) is 0 Å². The number of aryl methyl sites for hydroxylation is 1. The molecular weight excluding hydrogens is 210 g/mol. The molecule has 0 radical (unpaired) electrons. The van der Waals surface area contributed by atoms with Crippen molar-refractivity contribution >= 4 is 0 Å². The van der Waals surface area contributed by atoms with Crippen LogP contribution in [0.1, 0.15) is 57.3 Å². The molecule has 0 saturated carbocycles. The van der Waals surface area contributed by atoms with E-state index in [9.17, 15) is 0 Å². The summed E-state index contributed by atoms with van der Waals surface area (Å²) in [5.74, 6) is 1.93. The van der Waals surface area contributed by atoms with Gasteiger partial charge in [0.2, 0.25) is 0 Å². The van der Waals surface area contributed by atoms with E-state index in [1.54, 1.807) is 6.26 Å². The smallest absolute Gasteiger partial charge is 0.120 e. The molecular formula is C15H27NO. The number of nitrogens with one attached hydrogen (secondary N) is 1. The van der Waals surface area contributed by atoms with Crippen molar-refractivity contribution in [3.8, 4) is 0 Å². The second-order valence-corrected chi connectivity index (χ2v) is 5.30. The Balaban J connectivity index is 1.90. The Morgan fingerprint density at radius 2 is 1.94 bits per heavy atom. The lowest BCUT2D eigenvalue weighted by Gasteiger charge is -2.05. The maximum absolute atomic E-state index is 5.37. The fraction of sp³-hybridized carbons (Fsp3) is 0.733. The molecule has 0 atom stereocenters. The van der Waals surface area contributed by atoms with Crippen LogP contribution in [-0.2, 0) is 6.54 Å². The average molecular weight is 237 g/mol. The lowest BCUT2D eigenvalue weighted by atomic mass is 10.0. The molecule has 0 aliphatic heterocycles. The predicted molar refractivity (Wildman–Crippen MR) is 73.1 cm³/mol. The Morgan fingerprint density at radius 3 is 2.59 bits per heavy atom. The second kappa shape index (κ2) is 8.35. The van der Waals surface area contributed by atoms with Gasteiger partial charge in [0.1, 0.15) is 5.76 Å². The maximum Gasteiger partial charge on any atom is 0.120 e. The molecule has 0 aromatic carbocycles. The van der Waals surface area contributed by atoms with Crippen molar-refractivity contribution in [2.75, 3.05) is 6.54 Å². The largest absolute Gasteiger partial charge is 0.468 e. The number of rotatable bonds is 9. The van der Waals surface area contributed by atoms with Gasteiger partial charge in [-0.1, -0.05) is 39.5 Å². The van der Waals surface area contributed by atoms with Gasteiger partial charge in [-0.2, -0.15) is 0 Å². The van der Waals surface area contributed by atoms with Gasteiger partial charge >= 0.3 is 0 Å². The van der Waals surface area contributed by atoms with E-state index in [0.29, 0.717) is 0 Å². The van der Waals surface area contributed by atoms with E-state index in [4.69, 9.17) is 4.42 Å². The van der Waals surface area contributed by atoms with E-state index < -0.39 is 0 Å². The monoisotopic (exact) mass is 237 g/mol. The second-order valence-electron chi connectivity index (χ2n) is 5.30. The summed E-state index contributed by atoms with van der Waals surface area (Å²) >= 11 is 0. The van der Waals surface area contributed by atoms with Crippen molar-refractivity contribution < 1.29 is 4.42 Å². The van der Waals surface area contributed by atoms with Crippen LogP contribution in [-0.4, -0.2) is 6.54 Å². The summed E-state index contributed by atoms with van der Waals surface area (Å²) in [7, 11) is 0. The third kappa shape index (κ3) is 6.52. The fourth-order valence-corrected chi connectivity index (χ4v) is 1.94. The van der Waals surface area contributed by atoms with Crippen LogP contribution in [0.25, 0.3) is 0 Å². The molecule has 0 spiro atoms.